The molecule has 2 rings (SSSR count). The van der Waals surface area contributed by atoms with E-state index in [2.05, 4.69) is 21.2 Å². The van der Waals surface area contributed by atoms with Crippen molar-refractivity contribution in [3.63, 3.8) is 0 Å². The largest absolute Gasteiger partial charge is 0.350 e. The predicted molar refractivity (Wildman–Crippen MR) is 131 cm³/mol. The van der Waals surface area contributed by atoms with Crippen molar-refractivity contribution >= 4 is 43.5 Å². The highest BCUT2D eigenvalue weighted by atomic mass is 79.9. The Hall–Kier alpha value is -2.46. The molecular formula is C23H29BrFN3O4S. The quantitative estimate of drug-likeness (QED) is 0.552. The molecule has 0 saturated heterocycles. The van der Waals surface area contributed by atoms with Gasteiger partial charge in [-0.15, -0.1) is 0 Å². The van der Waals surface area contributed by atoms with Crippen molar-refractivity contribution in [2.75, 3.05) is 17.1 Å². The molecule has 0 spiro atoms. The van der Waals surface area contributed by atoms with E-state index in [-0.39, 0.29) is 17.8 Å². The van der Waals surface area contributed by atoms with Gasteiger partial charge in [0.1, 0.15) is 18.4 Å². The number of rotatable bonds is 8. The third-order valence-electron chi connectivity index (χ3n) is 4.76. The minimum atomic E-state index is -3.84. The Labute approximate surface area is 203 Å². The highest BCUT2D eigenvalue weighted by Crippen LogP contribution is 2.28. The molecule has 0 aliphatic heterocycles. The van der Waals surface area contributed by atoms with Gasteiger partial charge in [-0.2, -0.15) is 0 Å². The number of nitrogens with one attached hydrogen (secondary N) is 1. The molecule has 2 aromatic rings. The first-order valence-corrected chi connectivity index (χ1v) is 12.9. The van der Waals surface area contributed by atoms with Crippen molar-refractivity contribution in [3.8, 4) is 0 Å². The molecule has 1 atom stereocenters. The summed E-state index contributed by atoms with van der Waals surface area (Å²) in [6.45, 7) is 6.20. The van der Waals surface area contributed by atoms with Crippen LogP contribution >= 0.6 is 15.9 Å². The standard InChI is InChI=1S/C23H29BrFN3O4S/c1-16(22(30)26-23(2,3)4)27(14-17-10-6-8-12-19(17)25)21(29)15-28(33(5,31)32)20-13-9-7-11-18(20)24/h6-13,16H,14-15H2,1-5H3,(H,26,30)/t16-/m0/s1. The molecule has 0 fully saturated rings. The van der Waals surface area contributed by atoms with E-state index in [4.69, 9.17) is 0 Å². The summed E-state index contributed by atoms with van der Waals surface area (Å²) in [4.78, 5) is 27.5. The number of halogens is 2. The van der Waals surface area contributed by atoms with Crippen molar-refractivity contribution in [1.29, 1.82) is 0 Å². The zero-order chi connectivity index (χ0) is 25.0. The Bertz CT molecular complexity index is 1120. The van der Waals surface area contributed by atoms with Gasteiger partial charge in [0.15, 0.2) is 0 Å². The zero-order valence-corrected chi connectivity index (χ0v) is 21.7. The molecule has 0 heterocycles. The fourth-order valence-corrected chi connectivity index (χ4v) is 4.59. The van der Waals surface area contributed by atoms with Crippen molar-refractivity contribution in [2.24, 2.45) is 0 Å². The SMILES string of the molecule is C[C@@H](C(=O)NC(C)(C)C)N(Cc1ccccc1F)C(=O)CN(c1ccccc1Br)S(C)(=O)=O. The molecule has 0 saturated carbocycles. The lowest BCUT2D eigenvalue weighted by atomic mass is 10.1. The first kappa shape index (κ1) is 26.8. The average Bonchev–Trinajstić information content (AvgIpc) is 2.69. The molecule has 33 heavy (non-hydrogen) atoms. The fourth-order valence-electron chi connectivity index (χ4n) is 3.12. The van der Waals surface area contributed by atoms with E-state index in [1.165, 1.54) is 30.0 Å². The van der Waals surface area contributed by atoms with E-state index < -0.39 is 45.8 Å². The zero-order valence-electron chi connectivity index (χ0n) is 19.3. The van der Waals surface area contributed by atoms with Crippen LogP contribution in [0.15, 0.2) is 53.0 Å². The minimum absolute atomic E-state index is 0.197. The Morgan fingerprint density at radius 1 is 1.09 bits per heavy atom. The number of sulfonamides is 1. The first-order chi connectivity index (χ1) is 15.2. The van der Waals surface area contributed by atoms with Crippen LogP contribution in [0.5, 0.6) is 0 Å². The molecule has 0 unspecified atom stereocenters. The summed E-state index contributed by atoms with van der Waals surface area (Å²) in [5.41, 5.74) is -0.0507. The summed E-state index contributed by atoms with van der Waals surface area (Å²) in [5.74, 6) is -1.60. The third-order valence-corrected chi connectivity index (χ3v) is 6.56. The molecule has 7 nitrogen and oxygen atoms in total. The number of nitrogens with zero attached hydrogens (tertiary/aromatic N) is 2. The summed E-state index contributed by atoms with van der Waals surface area (Å²) < 4.78 is 40.9. The van der Waals surface area contributed by atoms with Crippen molar-refractivity contribution in [3.05, 3.63) is 64.4 Å². The molecule has 2 amide bonds. The number of carbonyl (C=O) groups is 2. The molecular weight excluding hydrogens is 513 g/mol. The Morgan fingerprint density at radius 2 is 1.67 bits per heavy atom. The van der Waals surface area contributed by atoms with Crippen LogP contribution in [0.4, 0.5) is 10.1 Å². The number of para-hydroxylation sites is 1. The molecule has 1 N–H and O–H groups in total. The van der Waals surface area contributed by atoms with Crippen LogP contribution in [0.1, 0.15) is 33.3 Å². The van der Waals surface area contributed by atoms with Gasteiger partial charge in [-0.05, 0) is 61.8 Å². The van der Waals surface area contributed by atoms with E-state index in [1.807, 2.05) is 0 Å². The summed E-state index contributed by atoms with van der Waals surface area (Å²) in [7, 11) is -3.84. The number of anilines is 1. The lowest BCUT2D eigenvalue weighted by Crippen LogP contribution is -2.54. The predicted octanol–water partition coefficient (Wildman–Crippen LogP) is 3.69. The maximum absolute atomic E-state index is 14.4. The van der Waals surface area contributed by atoms with Crippen LogP contribution in [-0.4, -0.2) is 49.5 Å². The molecule has 0 bridgehead atoms. The lowest BCUT2D eigenvalue weighted by Gasteiger charge is -2.33. The van der Waals surface area contributed by atoms with E-state index in [0.29, 0.717) is 4.47 Å². The Kier molecular flexibility index (Phi) is 8.64. The van der Waals surface area contributed by atoms with Crippen molar-refractivity contribution in [2.45, 2.75) is 45.8 Å². The van der Waals surface area contributed by atoms with Gasteiger partial charge >= 0.3 is 0 Å². The maximum atomic E-state index is 14.4. The minimum Gasteiger partial charge on any atom is -0.350 e. The first-order valence-electron chi connectivity index (χ1n) is 10.3. The number of hydrogen-bond donors (Lipinski definition) is 1. The summed E-state index contributed by atoms with van der Waals surface area (Å²) in [5, 5.41) is 2.81. The highest BCUT2D eigenvalue weighted by Gasteiger charge is 2.32. The number of hydrogen-bond acceptors (Lipinski definition) is 4. The number of amides is 2. The second-order valence-electron chi connectivity index (χ2n) is 8.75. The van der Waals surface area contributed by atoms with Crippen LogP contribution in [0.2, 0.25) is 0 Å². The topological polar surface area (TPSA) is 86.8 Å². The molecule has 0 aliphatic rings. The van der Waals surface area contributed by atoms with E-state index in [1.54, 1.807) is 51.1 Å². The monoisotopic (exact) mass is 541 g/mol. The van der Waals surface area contributed by atoms with E-state index >= 15 is 0 Å². The van der Waals surface area contributed by atoms with Gasteiger partial charge in [0, 0.05) is 22.1 Å². The summed E-state index contributed by atoms with van der Waals surface area (Å²) in [6.07, 6.45) is 0.997. The molecule has 180 valence electrons. The van der Waals surface area contributed by atoms with Crippen LogP contribution in [0, 0.1) is 5.82 Å². The fraction of sp³-hybridized carbons (Fsp3) is 0.391. The average molecular weight is 542 g/mol. The van der Waals surface area contributed by atoms with Gasteiger partial charge in [0.05, 0.1) is 11.9 Å². The smallest absolute Gasteiger partial charge is 0.244 e. The molecule has 0 radical (unpaired) electrons. The van der Waals surface area contributed by atoms with E-state index in [9.17, 15) is 22.4 Å². The maximum Gasteiger partial charge on any atom is 0.244 e. The van der Waals surface area contributed by atoms with Gasteiger partial charge in [-0.25, -0.2) is 12.8 Å². The van der Waals surface area contributed by atoms with Gasteiger partial charge in [0.25, 0.3) is 0 Å². The number of carbonyl (C=O) groups excluding carboxylic acids is 2. The van der Waals surface area contributed by atoms with Crippen LogP contribution in [-0.2, 0) is 26.2 Å². The van der Waals surface area contributed by atoms with Crippen LogP contribution < -0.4 is 9.62 Å². The Morgan fingerprint density at radius 3 is 2.21 bits per heavy atom. The second kappa shape index (κ2) is 10.6. The highest BCUT2D eigenvalue weighted by molar-refractivity contribution is 9.10. The summed E-state index contributed by atoms with van der Waals surface area (Å²) >= 11 is 3.32. The molecule has 0 aliphatic carbocycles. The molecule has 10 heteroatoms. The lowest BCUT2D eigenvalue weighted by molar-refractivity contribution is -0.140. The molecule has 2 aromatic carbocycles. The van der Waals surface area contributed by atoms with Gasteiger partial charge in [0.2, 0.25) is 21.8 Å². The van der Waals surface area contributed by atoms with Crippen LogP contribution in [0.3, 0.4) is 0 Å². The van der Waals surface area contributed by atoms with Crippen LogP contribution in [0.25, 0.3) is 0 Å². The normalized spacial score (nSPS) is 12.7. The Balaban J connectivity index is 2.43. The van der Waals surface area contributed by atoms with Gasteiger partial charge < -0.3 is 10.2 Å². The van der Waals surface area contributed by atoms with Crippen molar-refractivity contribution in [1.82, 2.24) is 10.2 Å². The third kappa shape index (κ3) is 7.53. The van der Waals surface area contributed by atoms with Gasteiger partial charge in [-0.3, -0.25) is 13.9 Å². The van der Waals surface area contributed by atoms with Gasteiger partial charge in [-0.1, -0.05) is 30.3 Å². The number of benzene rings is 2. The van der Waals surface area contributed by atoms with Crippen molar-refractivity contribution < 1.29 is 22.4 Å². The molecule has 0 aromatic heterocycles. The van der Waals surface area contributed by atoms with E-state index in [0.717, 1.165) is 10.6 Å². The second-order valence-corrected chi connectivity index (χ2v) is 11.5. The summed E-state index contributed by atoms with van der Waals surface area (Å²) in [6, 6.07) is 11.6.